The third-order valence-corrected chi connectivity index (χ3v) is 8.13. The topological polar surface area (TPSA) is 103 Å². The number of likely N-dealkylation sites (N-methyl/N-ethyl adjacent to an activating group) is 1. The van der Waals surface area contributed by atoms with E-state index in [1.54, 1.807) is 6.20 Å². The van der Waals surface area contributed by atoms with Gasteiger partial charge in [0.05, 0.1) is 11.7 Å². The molecule has 0 spiro atoms. The summed E-state index contributed by atoms with van der Waals surface area (Å²) in [6, 6.07) is 17.4. The van der Waals surface area contributed by atoms with Gasteiger partial charge in [0.15, 0.2) is 0 Å². The van der Waals surface area contributed by atoms with Crippen molar-refractivity contribution in [1.29, 1.82) is 0 Å². The molecule has 1 saturated carbocycles. The summed E-state index contributed by atoms with van der Waals surface area (Å²) < 4.78 is 0. The molecule has 8 heteroatoms. The molecule has 0 unspecified atom stereocenters. The second-order valence-electron chi connectivity index (χ2n) is 11.2. The van der Waals surface area contributed by atoms with E-state index in [0.29, 0.717) is 6.04 Å². The number of allylic oxidation sites excluding steroid dienone is 1. The number of anilines is 2. The Bertz CT molecular complexity index is 1690. The number of nitrogens with one attached hydrogen (secondary N) is 2. The zero-order valence-electron chi connectivity index (χ0n) is 24.2. The lowest BCUT2D eigenvalue weighted by atomic mass is 9.96. The van der Waals surface area contributed by atoms with Crippen molar-refractivity contribution in [2.75, 3.05) is 43.4 Å². The van der Waals surface area contributed by atoms with Gasteiger partial charge in [-0.05, 0) is 73.8 Å². The number of piperazine rings is 1. The zero-order valence-corrected chi connectivity index (χ0v) is 24.2. The predicted octanol–water partition coefficient (Wildman–Crippen LogP) is 5.61. The van der Waals surface area contributed by atoms with Crippen molar-refractivity contribution < 1.29 is 4.79 Å². The molecular weight excluding hydrogens is 522 g/mol. The van der Waals surface area contributed by atoms with Crippen molar-refractivity contribution in [3.05, 3.63) is 84.7 Å². The highest BCUT2D eigenvalue weighted by Crippen LogP contribution is 2.40. The highest BCUT2D eigenvalue weighted by atomic mass is 16.1. The SMILES string of the molecule is C=CC(=O)Nc1cc(-c2c(-c3ccc(N4CCN(C)CC4)cc3)[nH]c3ncc(/C(C=NC4CC4)=C/N)cc23)ccc1C. The van der Waals surface area contributed by atoms with Crippen molar-refractivity contribution in [2.45, 2.75) is 25.8 Å². The van der Waals surface area contributed by atoms with E-state index in [-0.39, 0.29) is 5.91 Å². The van der Waals surface area contributed by atoms with Crippen LogP contribution >= 0.6 is 0 Å². The number of carbonyl (C=O) groups excluding carboxylic acids is 1. The Kier molecular flexibility index (Phi) is 7.63. The van der Waals surface area contributed by atoms with Crippen LogP contribution in [-0.2, 0) is 4.79 Å². The Labute approximate surface area is 246 Å². The molecule has 4 aromatic rings. The number of amides is 1. The van der Waals surface area contributed by atoms with Crippen molar-refractivity contribution in [1.82, 2.24) is 14.9 Å². The molecule has 1 saturated heterocycles. The van der Waals surface area contributed by atoms with E-state index in [4.69, 9.17) is 10.7 Å². The van der Waals surface area contributed by atoms with Crippen LogP contribution in [0, 0.1) is 6.92 Å². The second-order valence-corrected chi connectivity index (χ2v) is 11.2. The fourth-order valence-corrected chi connectivity index (χ4v) is 5.37. The molecule has 42 heavy (non-hydrogen) atoms. The molecule has 2 aliphatic rings. The van der Waals surface area contributed by atoms with Gasteiger partial charge in [-0.15, -0.1) is 0 Å². The summed E-state index contributed by atoms with van der Waals surface area (Å²) >= 11 is 0. The van der Waals surface area contributed by atoms with E-state index >= 15 is 0 Å². The molecule has 0 atom stereocenters. The van der Waals surface area contributed by atoms with Crippen LogP contribution in [0.15, 0.2) is 78.6 Å². The van der Waals surface area contributed by atoms with E-state index in [2.05, 4.69) is 75.1 Å². The summed E-state index contributed by atoms with van der Waals surface area (Å²) in [6.45, 7) is 9.74. The number of aromatic nitrogens is 2. The fraction of sp³-hybridized carbons (Fsp3) is 0.265. The first-order chi connectivity index (χ1) is 20.4. The van der Waals surface area contributed by atoms with Crippen LogP contribution < -0.4 is 16.0 Å². The molecule has 4 N–H and O–H groups in total. The second kappa shape index (κ2) is 11.7. The van der Waals surface area contributed by atoms with E-state index in [1.165, 1.54) is 11.8 Å². The van der Waals surface area contributed by atoms with Crippen LogP contribution in [0.2, 0.25) is 0 Å². The third kappa shape index (κ3) is 5.71. The van der Waals surface area contributed by atoms with Crippen molar-refractivity contribution in [3.63, 3.8) is 0 Å². The quantitative estimate of drug-likeness (QED) is 0.192. The molecule has 6 rings (SSSR count). The normalized spacial score (nSPS) is 16.3. The van der Waals surface area contributed by atoms with Gasteiger partial charge >= 0.3 is 0 Å². The summed E-state index contributed by atoms with van der Waals surface area (Å²) in [4.78, 5) is 30.0. The van der Waals surface area contributed by atoms with Gasteiger partial charge in [-0.3, -0.25) is 9.79 Å². The number of H-pyrrole nitrogens is 1. The van der Waals surface area contributed by atoms with Gasteiger partial charge in [-0.25, -0.2) is 4.98 Å². The Morgan fingerprint density at radius 2 is 1.83 bits per heavy atom. The largest absolute Gasteiger partial charge is 0.404 e. The Morgan fingerprint density at radius 3 is 2.52 bits per heavy atom. The number of carbonyl (C=O) groups is 1. The highest BCUT2D eigenvalue weighted by Gasteiger charge is 2.21. The van der Waals surface area contributed by atoms with Crippen molar-refractivity contribution in [2.24, 2.45) is 10.7 Å². The predicted molar refractivity (Wildman–Crippen MR) is 174 cm³/mol. The molecule has 0 radical (unpaired) electrons. The lowest BCUT2D eigenvalue weighted by molar-refractivity contribution is -0.111. The average molecular weight is 560 g/mol. The number of fused-ring (bicyclic) bond motifs is 1. The van der Waals surface area contributed by atoms with E-state index in [9.17, 15) is 4.79 Å². The highest BCUT2D eigenvalue weighted by molar-refractivity contribution is 6.12. The number of aryl methyl sites for hydroxylation is 1. The van der Waals surface area contributed by atoms with Gasteiger partial charge in [0.2, 0.25) is 5.91 Å². The molecule has 8 nitrogen and oxygen atoms in total. The number of nitrogens with zero attached hydrogens (tertiary/aromatic N) is 4. The molecule has 1 amide bonds. The van der Waals surface area contributed by atoms with E-state index in [1.807, 2.05) is 31.5 Å². The lowest BCUT2D eigenvalue weighted by Gasteiger charge is -2.34. The Hall–Kier alpha value is -4.69. The van der Waals surface area contributed by atoms with Gasteiger partial charge in [-0.2, -0.15) is 0 Å². The van der Waals surface area contributed by atoms with Gasteiger partial charge in [0, 0.05) is 78.3 Å². The van der Waals surface area contributed by atoms with E-state index in [0.717, 1.165) is 94.8 Å². The summed E-state index contributed by atoms with van der Waals surface area (Å²) in [5, 5.41) is 3.92. The van der Waals surface area contributed by atoms with Crippen LogP contribution in [0.1, 0.15) is 24.0 Å². The zero-order chi connectivity index (χ0) is 29.2. The first-order valence-corrected chi connectivity index (χ1v) is 14.5. The minimum absolute atomic E-state index is 0.245. The van der Waals surface area contributed by atoms with E-state index < -0.39 is 0 Å². The molecule has 1 aliphatic carbocycles. The number of benzene rings is 2. The Balaban J connectivity index is 1.46. The number of rotatable bonds is 8. The van der Waals surface area contributed by atoms with Gasteiger partial charge in [0.1, 0.15) is 5.65 Å². The van der Waals surface area contributed by atoms with Crippen LogP contribution in [0.5, 0.6) is 0 Å². The number of hydrogen-bond acceptors (Lipinski definition) is 6. The summed E-state index contributed by atoms with van der Waals surface area (Å²) in [6.07, 6.45) is 8.83. The number of hydrogen-bond donors (Lipinski definition) is 3. The molecule has 0 bridgehead atoms. The smallest absolute Gasteiger partial charge is 0.247 e. The average Bonchev–Trinajstić information content (AvgIpc) is 3.77. The molecule has 2 aromatic carbocycles. The molecule has 3 heterocycles. The maximum absolute atomic E-state index is 12.2. The lowest BCUT2D eigenvalue weighted by Crippen LogP contribution is -2.44. The monoisotopic (exact) mass is 559 g/mol. The third-order valence-electron chi connectivity index (χ3n) is 8.13. The van der Waals surface area contributed by atoms with Gasteiger partial charge in [-0.1, -0.05) is 30.8 Å². The van der Waals surface area contributed by atoms with Crippen LogP contribution in [0.25, 0.3) is 39.0 Å². The molecule has 1 aliphatic heterocycles. The Morgan fingerprint density at radius 1 is 1.10 bits per heavy atom. The summed E-state index contributed by atoms with van der Waals surface area (Å²) in [5.74, 6) is -0.245. The number of aromatic amines is 1. The minimum atomic E-state index is -0.245. The first-order valence-electron chi connectivity index (χ1n) is 14.5. The van der Waals surface area contributed by atoms with Gasteiger partial charge in [0.25, 0.3) is 0 Å². The van der Waals surface area contributed by atoms with Crippen LogP contribution in [0.3, 0.4) is 0 Å². The van der Waals surface area contributed by atoms with Crippen LogP contribution in [-0.4, -0.2) is 66.3 Å². The first kappa shape index (κ1) is 27.5. The fourth-order valence-electron chi connectivity index (χ4n) is 5.37. The number of aliphatic imine (C=N–C) groups is 1. The minimum Gasteiger partial charge on any atom is -0.404 e. The van der Waals surface area contributed by atoms with Gasteiger partial charge < -0.3 is 25.8 Å². The number of nitrogens with two attached hydrogens (primary N) is 1. The summed E-state index contributed by atoms with van der Waals surface area (Å²) in [7, 11) is 2.17. The molecule has 2 fully saturated rings. The molecular formula is C34H37N7O. The molecule has 214 valence electrons. The maximum Gasteiger partial charge on any atom is 0.247 e. The van der Waals surface area contributed by atoms with Crippen molar-refractivity contribution >= 4 is 40.1 Å². The van der Waals surface area contributed by atoms with Crippen molar-refractivity contribution in [3.8, 4) is 22.4 Å². The van der Waals surface area contributed by atoms with Crippen LogP contribution in [0.4, 0.5) is 11.4 Å². The maximum atomic E-state index is 12.2. The summed E-state index contributed by atoms with van der Waals surface area (Å²) in [5.41, 5.74) is 15.5. The molecule has 2 aromatic heterocycles. The number of pyridine rings is 1. The standard InChI is InChI=1S/C34H37N7O/c1-4-31(42)38-30-18-24(6-5-22(30)2)32-29-17-25(26(19-35)21-36-27-9-10-27)20-37-34(29)39-33(32)23-7-11-28(12-8-23)41-15-13-40(3)14-16-41/h4-8,11-12,17-21,27H,1,9-10,13-16,35H2,2-3H3,(H,37,39)(H,38,42)/b26-19+,36-21?.